The third kappa shape index (κ3) is 3.29. The number of nitrogens with one attached hydrogen (secondary N) is 1. The van der Waals surface area contributed by atoms with Crippen molar-refractivity contribution in [3.05, 3.63) is 57.8 Å². The maximum absolute atomic E-state index is 12.5. The summed E-state index contributed by atoms with van der Waals surface area (Å²) in [7, 11) is 0. The van der Waals surface area contributed by atoms with E-state index in [2.05, 4.69) is 5.32 Å². The van der Waals surface area contributed by atoms with Crippen LogP contribution >= 0.6 is 11.3 Å². The van der Waals surface area contributed by atoms with Crippen LogP contribution in [0.2, 0.25) is 0 Å². The van der Waals surface area contributed by atoms with E-state index in [4.69, 9.17) is 4.74 Å². The predicted octanol–water partition coefficient (Wildman–Crippen LogP) is 2.51. The number of esters is 1. The smallest absolute Gasteiger partial charge is 0.332 e. The minimum atomic E-state index is -0.978. The van der Waals surface area contributed by atoms with E-state index >= 15 is 0 Å². The normalized spacial score (nSPS) is 15.0. The van der Waals surface area contributed by atoms with Crippen LogP contribution in [0.15, 0.2) is 41.8 Å². The molecular formula is C18H19NO3S. The summed E-state index contributed by atoms with van der Waals surface area (Å²) in [5, 5.41) is 4.90. The summed E-state index contributed by atoms with van der Waals surface area (Å²) in [6, 6.07) is 11.7. The number of thiophene rings is 1. The zero-order valence-corrected chi connectivity index (χ0v) is 13.8. The Labute approximate surface area is 139 Å². The van der Waals surface area contributed by atoms with Crippen LogP contribution in [0.25, 0.3) is 0 Å². The van der Waals surface area contributed by atoms with Crippen LogP contribution in [0.3, 0.4) is 0 Å². The Balaban J connectivity index is 1.80. The Bertz CT molecular complexity index is 684. The Morgan fingerprint density at radius 1 is 1.17 bits per heavy atom. The summed E-state index contributed by atoms with van der Waals surface area (Å²) < 4.78 is 5.25. The average Bonchev–Trinajstić information content (AvgIpc) is 3.14. The molecule has 0 unspecified atom stereocenters. The van der Waals surface area contributed by atoms with E-state index < -0.39 is 5.54 Å². The van der Waals surface area contributed by atoms with E-state index in [9.17, 15) is 9.59 Å². The first kappa shape index (κ1) is 15.7. The highest BCUT2D eigenvalue weighted by Gasteiger charge is 2.46. The molecule has 1 aliphatic carbocycles. The average molecular weight is 329 g/mol. The lowest BCUT2D eigenvalue weighted by Crippen LogP contribution is -2.56. The van der Waals surface area contributed by atoms with Crippen LogP contribution in [0, 0.1) is 0 Å². The van der Waals surface area contributed by atoms with Crippen molar-refractivity contribution in [1.82, 2.24) is 5.32 Å². The minimum Gasteiger partial charge on any atom is -0.464 e. The molecule has 1 aliphatic rings. The van der Waals surface area contributed by atoms with Crippen molar-refractivity contribution >= 4 is 23.2 Å². The molecule has 1 N–H and O–H groups in total. The number of fused-ring (bicyclic) bond motifs is 1. The van der Waals surface area contributed by atoms with E-state index in [1.165, 1.54) is 11.3 Å². The number of rotatable bonds is 5. The molecule has 1 aromatic carbocycles. The van der Waals surface area contributed by atoms with E-state index in [0.717, 1.165) is 16.0 Å². The fraction of sp³-hybridized carbons (Fsp3) is 0.333. The Morgan fingerprint density at radius 3 is 2.43 bits per heavy atom. The predicted molar refractivity (Wildman–Crippen MR) is 89.4 cm³/mol. The van der Waals surface area contributed by atoms with E-state index in [0.29, 0.717) is 19.4 Å². The third-order valence-electron chi connectivity index (χ3n) is 4.06. The molecule has 4 nitrogen and oxygen atoms in total. The molecule has 5 heteroatoms. The Morgan fingerprint density at radius 2 is 1.87 bits per heavy atom. The lowest BCUT2D eigenvalue weighted by atomic mass is 9.95. The largest absolute Gasteiger partial charge is 0.464 e. The molecule has 1 aromatic heterocycles. The van der Waals surface area contributed by atoms with Gasteiger partial charge in [-0.3, -0.25) is 4.79 Å². The van der Waals surface area contributed by atoms with Gasteiger partial charge < -0.3 is 10.1 Å². The first-order chi connectivity index (χ1) is 11.1. The molecule has 2 aromatic rings. The molecule has 0 fully saturated rings. The van der Waals surface area contributed by atoms with Crippen LogP contribution in [-0.2, 0) is 33.6 Å². The van der Waals surface area contributed by atoms with E-state index in [1.807, 2.05) is 41.8 Å². The van der Waals surface area contributed by atoms with Crippen LogP contribution in [0.1, 0.15) is 22.9 Å². The fourth-order valence-electron chi connectivity index (χ4n) is 3.05. The van der Waals surface area contributed by atoms with Gasteiger partial charge in [0.1, 0.15) is 5.54 Å². The van der Waals surface area contributed by atoms with Crippen molar-refractivity contribution in [1.29, 1.82) is 0 Å². The Kier molecular flexibility index (Phi) is 4.48. The summed E-state index contributed by atoms with van der Waals surface area (Å²) in [5.74, 6) is -0.496. The van der Waals surface area contributed by atoms with Crippen molar-refractivity contribution in [2.45, 2.75) is 31.7 Å². The van der Waals surface area contributed by atoms with Gasteiger partial charge in [0.15, 0.2) is 0 Å². The highest BCUT2D eigenvalue weighted by atomic mass is 32.1. The molecule has 120 valence electrons. The SMILES string of the molecule is CCOC(=O)C1(NC(=O)Cc2cccs2)Cc2ccccc2C1. The van der Waals surface area contributed by atoms with Crippen molar-refractivity contribution < 1.29 is 14.3 Å². The van der Waals surface area contributed by atoms with E-state index in [-0.39, 0.29) is 18.3 Å². The van der Waals surface area contributed by atoms with Crippen LogP contribution in [0.4, 0.5) is 0 Å². The molecule has 0 atom stereocenters. The molecule has 0 spiro atoms. The first-order valence-electron chi connectivity index (χ1n) is 7.70. The van der Waals surface area contributed by atoms with Gasteiger partial charge in [0.05, 0.1) is 13.0 Å². The Hall–Kier alpha value is -2.14. The van der Waals surface area contributed by atoms with Crippen LogP contribution in [0.5, 0.6) is 0 Å². The molecule has 0 aliphatic heterocycles. The first-order valence-corrected chi connectivity index (χ1v) is 8.58. The number of hydrogen-bond acceptors (Lipinski definition) is 4. The lowest BCUT2D eigenvalue weighted by Gasteiger charge is -2.27. The molecule has 0 bridgehead atoms. The van der Waals surface area contributed by atoms with Gasteiger partial charge in [-0.1, -0.05) is 30.3 Å². The fourth-order valence-corrected chi connectivity index (χ4v) is 3.75. The number of ether oxygens (including phenoxy) is 1. The van der Waals surface area contributed by atoms with Gasteiger partial charge in [0.25, 0.3) is 0 Å². The number of carbonyl (C=O) groups is 2. The molecule has 1 amide bonds. The second-order valence-corrected chi connectivity index (χ2v) is 6.76. The molecular weight excluding hydrogens is 310 g/mol. The summed E-state index contributed by atoms with van der Waals surface area (Å²) in [4.78, 5) is 25.9. The summed E-state index contributed by atoms with van der Waals surface area (Å²) in [5.41, 5.74) is 1.21. The summed E-state index contributed by atoms with van der Waals surface area (Å²) in [6.45, 7) is 2.08. The molecule has 23 heavy (non-hydrogen) atoms. The topological polar surface area (TPSA) is 55.4 Å². The van der Waals surface area contributed by atoms with Gasteiger partial charge in [-0.2, -0.15) is 0 Å². The van der Waals surface area contributed by atoms with Crippen molar-refractivity contribution in [3.8, 4) is 0 Å². The maximum atomic E-state index is 12.5. The number of hydrogen-bond donors (Lipinski definition) is 1. The summed E-state index contributed by atoms with van der Waals surface area (Å²) >= 11 is 1.54. The second kappa shape index (κ2) is 6.54. The van der Waals surface area contributed by atoms with Gasteiger partial charge in [-0.15, -0.1) is 11.3 Å². The standard InChI is InChI=1S/C18H19NO3S/c1-2-22-17(21)18(11-13-6-3-4-7-14(13)12-18)19-16(20)10-15-8-5-9-23-15/h3-9H,2,10-12H2,1H3,(H,19,20). The van der Waals surface area contributed by atoms with Crippen LogP contribution < -0.4 is 5.32 Å². The highest BCUT2D eigenvalue weighted by molar-refractivity contribution is 7.10. The van der Waals surface area contributed by atoms with Crippen molar-refractivity contribution in [2.24, 2.45) is 0 Å². The highest BCUT2D eigenvalue weighted by Crippen LogP contribution is 2.31. The monoisotopic (exact) mass is 329 g/mol. The zero-order valence-electron chi connectivity index (χ0n) is 13.0. The van der Waals surface area contributed by atoms with Gasteiger partial charge in [0.2, 0.25) is 5.91 Å². The van der Waals surface area contributed by atoms with Gasteiger partial charge in [-0.25, -0.2) is 4.79 Å². The molecule has 1 heterocycles. The quantitative estimate of drug-likeness (QED) is 0.858. The van der Waals surface area contributed by atoms with E-state index in [1.54, 1.807) is 6.92 Å². The van der Waals surface area contributed by atoms with Crippen LogP contribution in [-0.4, -0.2) is 24.0 Å². The minimum absolute atomic E-state index is 0.145. The maximum Gasteiger partial charge on any atom is 0.332 e. The molecule has 0 saturated heterocycles. The van der Waals surface area contributed by atoms with Gasteiger partial charge in [-0.05, 0) is 29.5 Å². The van der Waals surface area contributed by atoms with Gasteiger partial charge >= 0.3 is 5.97 Å². The van der Waals surface area contributed by atoms with Crippen molar-refractivity contribution in [2.75, 3.05) is 6.61 Å². The molecule has 0 saturated carbocycles. The second-order valence-electron chi connectivity index (χ2n) is 5.73. The third-order valence-corrected chi connectivity index (χ3v) is 4.94. The summed E-state index contributed by atoms with van der Waals surface area (Å²) in [6.07, 6.45) is 1.26. The zero-order chi connectivity index (χ0) is 16.3. The van der Waals surface area contributed by atoms with Gasteiger partial charge in [0, 0.05) is 17.7 Å². The molecule has 0 radical (unpaired) electrons. The number of amides is 1. The number of carbonyl (C=O) groups excluding carboxylic acids is 2. The number of benzene rings is 1. The lowest BCUT2D eigenvalue weighted by molar-refractivity contribution is -0.153. The van der Waals surface area contributed by atoms with Crippen molar-refractivity contribution in [3.63, 3.8) is 0 Å². The molecule has 3 rings (SSSR count).